The van der Waals surface area contributed by atoms with Crippen LogP contribution in [0.25, 0.3) is 0 Å². The van der Waals surface area contributed by atoms with Crippen LogP contribution in [-0.2, 0) is 9.05 Å². The Labute approximate surface area is 208 Å². The number of hydrogen-bond acceptors (Lipinski definition) is 6. The monoisotopic (exact) mass is 568 g/mol. The van der Waals surface area contributed by atoms with E-state index in [4.69, 9.17) is 9.05 Å². The third kappa shape index (κ3) is 5.68. The fraction of sp³-hybridized carbons (Fsp3) is 0.222. The van der Waals surface area contributed by atoms with E-state index in [1.165, 1.54) is 0 Å². The molecular weight excluding hydrogens is 542 g/mol. The number of aryl methyl sites for hydroxylation is 3. The van der Waals surface area contributed by atoms with Crippen LogP contribution in [0.2, 0.25) is 0 Å². The van der Waals surface area contributed by atoms with Crippen LogP contribution in [0.4, 0.5) is 0 Å². The molecular formula is C27H27O6Sb. The Bertz CT molecular complexity index is 1110. The molecule has 0 aliphatic rings. The second-order valence-corrected chi connectivity index (χ2v) is 10.9. The molecule has 0 N–H and O–H groups in total. The minimum atomic E-state index is -4.12. The summed E-state index contributed by atoms with van der Waals surface area (Å²) in [5.74, 6) is -2.06. The number of carbonyl (C=O) groups excluding carboxylic acids is 3. The average Bonchev–Trinajstić information content (AvgIpc) is 2.79. The van der Waals surface area contributed by atoms with Gasteiger partial charge in [-0.05, 0) is 0 Å². The summed E-state index contributed by atoms with van der Waals surface area (Å²) in [6, 6.07) is 15.7. The van der Waals surface area contributed by atoms with Crippen LogP contribution in [0.1, 0.15) is 64.5 Å². The molecule has 34 heavy (non-hydrogen) atoms. The van der Waals surface area contributed by atoms with Gasteiger partial charge in [-0.1, -0.05) is 0 Å². The van der Waals surface area contributed by atoms with Gasteiger partial charge in [0.15, 0.2) is 0 Å². The number of hydrogen-bond donors (Lipinski definition) is 0. The van der Waals surface area contributed by atoms with Crippen LogP contribution in [0.15, 0.2) is 54.6 Å². The molecule has 0 amide bonds. The van der Waals surface area contributed by atoms with E-state index >= 15 is 0 Å². The summed E-state index contributed by atoms with van der Waals surface area (Å²) in [7, 11) is 0. The van der Waals surface area contributed by atoms with Gasteiger partial charge >= 0.3 is 209 Å². The van der Waals surface area contributed by atoms with Crippen LogP contribution < -0.4 is 0 Å². The van der Waals surface area contributed by atoms with Crippen molar-refractivity contribution >= 4 is 39.4 Å². The van der Waals surface area contributed by atoms with Crippen molar-refractivity contribution < 1.29 is 23.4 Å². The fourth-order valence-corrected chi connectivity index (χ4v) is 5.64. The third-order valence-electron chi connectivity index (χ3n) is 5.95. The van der Waals surface area contributed by atoms with Crippen LogP contribution >= 0.6 is 0 Å². The second-order valence-electron chi connectivity index (χ2n) is 8.10. The molecule has 0 saturated heterocycles. The molecule has 3 aromatic carbocycles. The zero-order valence-corrected chi connectivity index (χ0v) is 22.6. The van der Waals surface area contributed by atoms with Crippen molar-refractivity contribution in [3.05, 3.63) is 105 Å². The van der Waals surface area contributed by atoms with Crippen LogP contribution in [0.5, 0.6) is 0 Å². The van der Waals surface area contributed by atoms with Crippen molar-refractivity contribution in [1.82, 2.24) is 0 Å². The quantitative estimate of drug-likeness (QED) is 0.371. The van der Waals surface area contributed by atoms with Crippen molar-refractivity contribution in [2.24, 2.45) is 0 Å². The zero-order chi connectivity index (χ0) is 25.0. The summed E-state index contributed by atoms with van der Waals surface area (Å²) in [5.41, 5.74) is 5.98. The van der Waals surface area contributed by atoms with E-state index in [0.29, 0.717) is 16.7 Å². The first-order chi connectivity index (χ1) is 16.1. The maximum absolute atomic E-state index is 12.9. The van der Waals surface area contributed by atoms with Gasteiger partial charge in [-0.3, -0.25) is 0 Å². The standard InChI is InChI=1S/3C9H10O2.Sb/c3*1-6-4-3-5-8(7(6)2)9(10)11;/h3*3-5H,1-2H3,(H,10,11);/q;;;+3/p-3. The van der Waals surface area contributed by atoms with Gasteiger partial charge in [0.2, 0.25) is 0 Å². The van der Waals surface area contributed by atoms with Gasteiger partial charge < -0.3 is 0 Å². The summed E-state index contributed by atoms with van der Waals surface area (Å²) in [4.78, 5) is 38.8. The molecule has 0 aliphatic heterocycles. The molecule has 176 valence electrons. The number of benzene rings is 3. The van der Waals surface area contributed by atoms with E-state index in [2.05, 4.69) is 0 Å². The molecule has 0 aliphatic carbocycles. The van der Waals surface area contributed by atoms with Crippen molar-refractivity contribution in [3.8, 4) is 0 Å². The molecule has 6 nitrogen and oxygen atoms in total. The Morgan fingerprint density at radius 1 is 0.500 bits per heavy atom. The van der Waals surface area contributed by atoms with Gasteiger partial charge in [0, 0.05) is 0 Å². The summed E-state index contributed by atoms with van der Waals surface area (Å²) in [6.07, 6.45) is 0. The average molecular weight is 569 g/mol. The fourth-order valence-electron chi connectivity index (χ4n) is 3.32. The third-order valence-corrected chi connectivity index (χ3v) is 8.64. The van der Waals surface area contributed by atoms with Crippen molar-refractivity contribution in [1.29, 1.82) is 0 Å². The van der Waals surface area contributed by atoms with Gasteiger partial charge in [-0.2, -0.15) is 0 Å². The van der Waals surface area contributed by atoms with Crippen molar-refractivity contribution in [2.75, 3.05) is 0 Å². The van der Waals surface area contributed by atoms with E-state index in [9.17, 15) is 14.4 Å². The van der Waals surface area contributed by atoms with Crippen LogP contribution in [0.3, 0.4) is 0 Å². The molecule has 7 heteroatoms. The second kappa shape index (κ2) is 10.9. The predicted molar refractivity (Wildman–Crippen MR) is 130 cm³/mol. The van der Waals surface area contributed by atoms with Gasteiger partial charge in [-0.25, -0.2) is 0 Å². The molecule has 0 atom stereocenters. The molecule has 3 rings (SSSR count). The molecule has 0 unspecified atom stereocenters. The molecule has 0 radical (unpaired) electrons. The Morgan fingerprint density at radius 3 is 1.03 bits per heavy atom. The molecule has 0 aromatic heterocycles. The van der Waals surface area contributed by atoms with Crippen LogP contribution in [0, 0.1) is 41.5 Å². The van der Waals surface area contributed by atoms with E-state index in [0.717, 1.165) is 33.4 Å². The molecule has 3 aromatic rings. The van der Waals surface area contributed by atoms with E-state index < -0.39 is 39.4 Å². The minimum absolute atomic E-state index is 0.333. The summed E-state index contributed by atoms with van der Waals surface area (Å²) in [6.45, 7) is 11.1. The molecule has 0 spiro atoms. The molecule has 0 saturated carbocycles. The normalized spacial score (nSPS) is 10.7. The Kier molecular flexibility index (Phi) is 8.16. The number of rotatable bonds is 6. The van der Waals surface area contributed by atoms with Gasteiger partial charge in [-0.15, -0.1) is 0 Å². The summed E-state index contributed by atoms with van der Waals surface area (Å²) in [5, 5.41) is 0. The first-order valence-corrected chi connectivity index (χ1v) is 13.9. The van der Waals surface area contributed by atoms with E-state index in [1.54, 1.807) is 57.2 Å². The first kappa shape index (κ1) is 25.5. The Balaban J connectivity index is 1.90. The molecule has 0 fully saturated rings. The summed E-state index contributed by atoms with van der Waals surface area (Å²) >= 11 is -4.12. The molecule has 0 bridgehead atoms. The SMILES string of the molecule is Cc1cccc(C(=O)[O][Sb]([O]C(=O)c2cccc(C)c2C)[O]C(=O)c2cccc(C)c2C)c1C. The zero-order valence-electron chi connectivity index (χ0n) is 20.1. The van der Waals surface area contributed by atoms with Crippen molar-refractivity contribution in [3.63, 3.8) is 0 Å². The van der Waals surface area contributed by atoms with Gasteiger partial charge in [0.25, 0.3) is 0 Å². The number of carbonyl (C=O) groups is 3. The van der Waals surface area contributed by atoms with Crippen molar-refractivity contribution in [2.45, 2.75) is 41.5 Å². The summed E-state index contributed by atoms with van der Waals surface area (Å²) < 4.78 is 16.7. The maximum atomic E-state index is 12.9. The van der Waals surface area contributed by atoms with Gasteiger partial charge in [0.05, 0.1) is 0 Å². The van der Waals surface area contributed by atoms with Gasteiger partial charge in [0.1, 0.15) is 0 Å². The van der Waals surface area contributed by atoms with Crippen LogP contribution in [-0.4, -0.2) is 39.4 Å². The first-order valence-electron chi connectivity index (χ1n) is 10.8. The predicted octanol–water partition coefficient (Wildman–Crippen LogP) is 5.39. The van der Waals surface area contributed by atoms with E-state index in [-0.39, 0.29) is 0 Å². The molecule has 0 heterocycles. The topological polar surface area (TPSA) is 78.9 Å². The Hall–Kier alpha value is -3.11. The Morgan fingerprint density at radius 2 is 0.765 bits per heavy atom. The van der Waals surface area contributed by atoms with E-state index in [1.807, 2.05) is 39.0 Å².